The molecule has 228 valence electrons. The molecule has 6 rings (SSSR count). The Morgan fingerprint density at radius 3 is 2.48 bits per heavy atom. The van der Waals surface area contributed by atoms with Gasteiger partial charge in [-0.3, -0.25) is 0 Å². The minimum absolute atomic E-state index is 0.250. The predicted octanol–water partition coefficient (Wildman–Crippen LogP) is 5.39. The van der Waals surface area contributed by atoms with Gasteiger partial charge in [-0.05, 0) is 48.0 Å². The van der Waals surface area contributed by atoms with Crippen LogP contribution >= 0.6 is 23.2 Å². The maximum Gasteiger partial charge on any atom is 0.215 e. The van der Waals surface area contributed by atoms with Gasteiger partial charge in [0.15, 0.2) is 0 Å². The van der Waals surface area contributed by atoms with Crippen molar-refractivity contribution in [3.05, 3.63) is 112 Å². The third-order valence-corrected chi connectivity index (χ3v) is 9.76. The monoisotopic (exact) mass is 651 g/mol. The van der Waals surface area contributed by atoms with Crippen molar-refractivity contribution in [3.63, 3.8) is 0 Å². The van der Waals surface area contributed by atoms with E-state index in [2.05, 4.69) is 40.2 Å². The molecule has 1 atom stereocenters. The molecule has 2 aliphatic heterocycles. The van der Waals surface area contributed by atoms with E-state index >= 15 is 0 Å². The van der Waals surface area contributed by atoms with Crippen molar-refractivity contribution in [2.24, 2.45) is 0 Å². The fraction of sp³-hybridized carbons (Fsp3) is 0.312. The lowest BCUT2D eigenvalue weighted by Crippen LogP contribution is -2.47. The molecule has 44 heavy (non-hydrogen) atoms. The van der Waals surface area contributed by atoms with Gasteiger partial charge in [-0.25, -0.2) is 13.5 Å². The van der Waals surface area contributed by atoms with Crippen LogP contribution in [-0.4, -0.2) is 63.6 Å². The molecule has 0 spiro atoms. The molecule has 4 aromatic rings. The first kappa shape index (κ1) is 30.7. The molecule has 12 heteroatoms. The van der Waals surface area contributed by atoms with Crippen LogP contribution in [0.15, 0.2) is 90.3 Å². The lowest BCUT2D eigenvalue weighted by molar-refractivity contribution is -0.313. The van der Waals surface area contributed by atoms with Gasteiger partial charge in [0.2, 0.25) is 5.79 Å². The van der Waals surface area contributed by atoms with E-state index in [4.69, 9.17) is 42.7 Å². The van der Waals surface area contributed by atoms with E-state index in [0.29, 0.717) is 65.5 Å². The quantitative estimate of drug-likeness (QED) is 0.240. The van der Waals surface area contributed by atoms with Crippen molar-refractivity contribution in [2.45, 2.75) is 29.9 Å². The summed E-state index contributed by atoms with van der Waals surface area (Å²) >= 11 is 12.7. The van der Waals surface area contributed by atoms with Crippen LogP contribution in [0.1, 0.15) is 16.7 Å². The Kier molecular flexibility index (Phi) is 9.64. The van der Waals surface area contributed by atoms with Crippen molar-refractivity contribution in [1.29, 1.82) is 5.26 Å². The molecule has 0 saturated carbocycles. The zero-order valence-corrected chi connectivity index (χ0v) is 26.2. The van der Waals surface area contributed by atoms with Crippen LogP contribution in [0.5, 0.6) is 0 Å². The highest BCUT2D eigenvalue weighted by atomic mass is 35.5. The maximum atomic E-state index is 13.0. The van der Waals surface area contributed by atoms with E-state index in [0.717, 1.165) is 24.3 Å². The topological polar surface area (TPSA) is 92.9 Å². The highest BCUT2D eigenvalue weighted by Gasteiger charge is 2.42. The number of hydrogen-bond acceptors (Lipinski definition) is 7. The summed E-state index contributed by atoms with van der Waals surface area (Å²) in [5.74, 6) is -1.10. The Morgan fingerprint density at radius 1 is 1.02 bits per heavy atom. The van der Waals surface area contributed by atoms with Gasteiger partial charge in [0.25, 0.3) is 0 Å². The Labute approximate surface area is 269 Å². The number of halogens is 2. The first-order chi connectivity index (χ1) is 21.4. The number of nitrogens with zero attached hydrogens (tertiary/aromatic N) is 5. The number of rotatable bonds is 9. The van der Waals surface area contributed by atoms with E-state index in [1.165, 1.54) is 0 Å². The highest BCUT2D eigenvalue weighted by Crippen LogP contribution is 2.38. The third kappa shape index (κ3) is 7.00. The molecular formula is C32H31Cl2N5O4S. The molecule has 3 aromatic carbocycles. The van der Waals surface area contributed by atoms with Gasteiger partial charge in [-0.1, -0.05) is 47.5 Å². The van der Waals surface area contributed by atoms with Gasteiger partial charge in [-0.2, -0.15) is 5.26 Å². The van der Waals surface area contributed by atoms with Gasteiger partial charge >= 0.3 is 0 Å². The normalized spacial score (nSPS) is 21.6. The largest absolute Gasteiger partial charge is 0.369 e. The standard InChI is InChI=1S/C32H31Cl2N5O4S/c33-26-6-9-30(31(34)17-26)32(22-37-11-10-36-23-37)42-20-28(21-43-32)41-19-24-4-7-27(8-5-24)38-12-14-39(15-13-38)44(40)29-3-1-2-25(16-29)18-35/h1-11,16-17,23,28H,12-15,19-22H2. The van der Waals surface area contributed by atoms with Crippen molar-refractivity contribution in [1.82, 2.24) is 13.9 Å². The molecule has 0 radical (unpaired) electrons. The second-order valence-electron chi connectivity index (χ2n) is 10.6. The molecule has 0 amide bonds. The molecule has 2 aliphatic rings. The average Bonchev–Trinajstić information content (AvgIpc) is 3.57. The van der Waals surface area contributed by atoms with Gasteiger partial charge in [0.05, 0.1) is 54.2 Å². The maximum absolute atomic E-state index is 13.0. The van der Waals surface area contributed by atoms with E-state index in [1.807, 2.05) is 27.2 Å². The molecular weight excluding hydrogens is 621 g/mol. The zero-order chi connectivity index (χ0) is 30.5. The van der Waals surface area contributed by atoms with Crippen LogP contribution in [0, 0.1) is 11.3 Å². The summed E-state index contributed by atoms with van der Waals surface area (Å²) in [5, 5.41) is 10.2. The third-order valence-electron chi connectivity index (χ3n) is 7.72. The van der Waals surface area contributed by atoms with Crippen LogP contribution in [0.4, 0.5) is 5.69 Å². The lowest BCUT2D eigenvalue weighted by atomic mass is 10.0. The summed E-state index contributed by atoms with van der Waals surface area (Å²) in [7, 11) is -1.29. The second-order valence-corrected chi connectivity index (χ2v) is 13.0. The van der Waals surface area contributed by atoms with Crippen molar-refractivity contribution >= 4 is 39.9 Å². The number of ether oxygens (including phenoxy) is 3. The molecule has 2 fully saturated rings. The Balaban J connectivity index is 1.01. The zero-order valence-electron chi connectivity index (χ0n) is 23.9. The number of piperazine rings is 1. The summed E-state index contributed by atoms with van der Waals surface area (Å²) in [6.45, 7) is 4.31. The molecule has 1 unspecified atom stereocenters. The fourth-order valence-electron chi connectivity index (χ4n) is 5.34. The Morgan fingerprint density at radius 2 is 1.80 bits per heavy atom. The second kappa shape index (κ2) is 13.8. The fourth-order valence-corrected chi connectivity index (χ4v) is 7.11. The van der Waals surface area contributed by atoms with Crippen LogP contribution in [-0.2, 0) is 44.1 Å². The molecule has 0 bridgehead atoms. The average molecular weight is 653 g/mol. The molecule has 0 aliphatic carbocycles. The number of benzene rings is 3. The molecule has 1 aromatic heterocycles. The van der Waals surface area contributed by atoms with Crippen LogP contribution in [0.3, 0.4) is 0 Å². The number of imidazole rings is 1. The van der Waals surface area contributed by atoms with Crippen LogP contribution in [0.2, 0.25) is 10.0 Å². The van der Waals surface area contributed by atoms with Gasteiger partial charge < -0.3 is 23.7 Å². The van der Waals surface area contributed by atoms with E-state index in [9.17, 15) is 4.21 Å². The van der Waals surface area contributed by atoms with Gasteiger partial charge in [0.1, 0.15) is 17.1 Å². The minimum Gasteiger partial charge on any atom is -0.369 e. The van der Waals surface area contributed by atoms with Crippen LogP contribution in [0.25, 0.3) is 0 Å². The SMILES string of the molecule is N#Cc1cccc(S(=O)N2CCN(c3ccc(COC4COC(Cn5ccnc5)(c5ccc(Cl)cc5Cl)OC4)cc3)CC2)c1. The number of aromatic nitrogens is 2. The number of nitriles is 1. The van der Waals surface area contributed by atoms with E-state index in [1.54, 1.807) is 42.9 Å². The van der Waals surface area contributed by atoms with Crippen molar-refractivity contribution in [3.8, 4) is 6.07 Å². The van der Waals surface area contributed by atoms with E-state index in [-0.39, 0.29) is 6.10 Å². The molecule has 2 saturated heterocycles. The first-order valence-electron chi connectivity index (χ1n) is 14.2. The van der Waals surface area contributed by atoms with Gasteiger partial charge in [0, 0.05) is 54.8 Å². The summed E-state index contributed by atoms with van der Waals surface area (Å²) in [4.78, 5) is 7.08. The summed E-state index contributed by atoms with van der Waals surface area (Å²) in [6.07, 6.45) is 5.02. The minimum atomic E-state index is -1.29. The summed E-state index contributed by atoms with van der Waals surface area (Å²) in [6, 6.07) is 22.7. The van der Waals surface area contributed by atoms with Crippen LogP contribution < -0.4 is 4.90 Å². The highest BCUT2D eigenvalue weighted by molar-refractivity contribution is 7.82. The first-order valence-corrected chi connectivity index (χ1v) is 16.1. The van der Waals surface area contributed by atoms with Crippen molar-refractivity contribution in [2.75, 3.05) is 44.3 Å². The summed E-state index contributed by atoms with van der Waals surface area (Å²) < 4.78 is 35.7. The Hall–Kier alpha value is -3.27. The number of anilines is 1. The van der Waals surface area contributed by atoms with Crippen molar-refractivity contribution < 1.29 is 18.4 Å². The molecule has 9 nitrogen and oxygen atoms in total. The lowest BCUT2D eigenvalue weighted by Gasteiger charge is -2.41. The molecule has 0 N–H and O–H groups in total. The summed E-state index contributed by atoms with van der Waals surface area (Å²) in [5.41, 5.74) is 3.37. The smallest absolute Gasteiger partial charge is 0.215 e. The number of hydrogen-bond donors (Lipinski definition) is 0. The van der Waals surface area contributed by atoms with E-state index < -0.39 is 16.8 Å². The Bertz CT molecular complexity index is 1630. The molecule has 3 heterocycles. The predicted molar refractivity (Wildman–Crippen MR) is 169 cm³/mol. The van der Waals surface area contributed by atoms with Gasteiger partial charge in [-0.15, -0.1) is 0 Å².